The van der Waals surface area contributed by atoms with Crippen LogP contribution in [0.5, 0.6) is 0 Å². The number of nitrogens with zero attached hydrogens (tertiary/aromatic N) is 1. The molecule has 1 rings (SSSR count). The lowest BCUT2D eigenvalue weighted by Crippen LogP contribution is -2.28. The second-order valence-corrected chi connectivity index (χ2v) is 3.66. The summed E-state index contributed by atoms with van der Waals surface area (Å²) in [6.45, 7) is 8.21. The van der Waals surface area contributed by atoms with Gasteiger partial charge >= 0.3 is 0 Å². The number of furan rings is 1. The molecule has 0 unspecified atom stereocenters. The summed E-state index contributed by atoms with van der Waals surface area (Å²) in [5.74, 6) is 0.986. The zero-order valence-electron chi connectivity index (χ0n) is 9.34. The van der Waals surface area contributed by atoms with Gasteiger partial charge in [-0.2, -0.15) is 0 Å². The predicted octanol–water partition coefficient (Wildman–Crippen LogP) is 1.63. The quantitative estimate of drug-likeness (QED) is 0.701. The summed E-state index contributed by atoms with van der Waals surface area (Å²) in [7, 11) is 2.12. The molecule has 0 saturated carbocycles. The molecule has 0 amide bonds. The van der Waals surface area contributed by atoms with Crippen molar-refractivity contribution < 1.29 is 4.42 Å². The largest absolute Gasteiger partial charge is 0.469 e. The Morgan fingerprint density at radius 2 is 2.29 bits per heavy atom. The van der Waals surface area contributed by atoms with Gasteiger partial charge in [-0.15, -0.1) is 0 Å². The highest BCUT2D eigenvalue weighted by atomic mass is 16.3. The van der Waals surface area contributed by atoms with Crippen molar-refractivity contribution in [1.29, 1.82) is 0 Å². The van der Waals surface area contributed by atoms with E-state index < -0.39 is 0 Å². The van der Waals surface area contributed by atoms with E-state index in [-0.39, 0.29) is 0 Å². The SMILES string of the molecule is CCNCCN(C)Cc1coc(C)c1. The van der Waals surface area contributed by atoms with Crippen LogP contribution in [0.3, 0.4) is 0 Å². The molecule has 0 aliphatic rings. The Morgan fingerprint density at radius 1 is 1.50 bits per heavy atom. The highest BCUT2D eigenvalue weighted by Gasteiger charge is 2.02. The van der Waals surface area contributed by atoms with E-state index >= 15 is 0 Å². The maximum absolute atomic E-state index is 5.25. The molecule has 1 aromatic rings. The fraction of sp³-hybridized carbons (Fsp3) is 0.636. The van der Waals surface area contributed by atoms with Crippen LogP contribution in [0.25, 0.3) is 0 Å². The van der Waals surface area contributed by atoms with Gasteiger partial charge in [0.25, 0.3) is 0 Å². The molecule has 0 atom stereocenters. The Bertz CT molecular complexity index is 258. The van der Waals surface area contributed by atoms with Crippen molar-refractivity contribution in [3.8, 4) is 0 Å². The highest BCUT2D eigenvalue weighted by Crippen LogP contribution is 2.07. The molecule has 1 aromatic heterocycles. The minimum absolute atomic E-state index is 0.961. The van der Waals surface area contributed by atoms with E-state index in [9.17, 15) is 0 Å². The van der Waals surface area contributed by atoms with Gasteiger partial charge in [-0.25, -0.2) is 0 Å². The molecular weight excluding hydrogens is 176 g/mol. The number of aryl methyl sites for hydroxylation is 1. The molecule has 14 heavy (non-hydrogen) atoms. The first-order chi connectivity index (χ1) is 6.72. The zero-order valence-corrected chi connectivity index (χ0v) is 9.34. The summed E-state index contributed by atoms with van der Waals surface area (Å²) in [5, 5.41) is 3.31. The zero-order chi connectivity index (χ0) is 10.4. The van der Waals surface area contributed by atoms with Crippen LogP contribution >= 0.6 is 0 Å². The van der Waals surface area contributed by atoms with Gasteiger partial charge in [0.1, 0.15) is 5.76 Å². The molecule has 0 bridgehead atoms. The van der Waals surface area contributed by atoms with Gasteiger partial charge in [0.15, 0.2) is 0 Å². The van der Waals surface area contributed by atoms with Crippen LogP contribution in [0.1, 0.15) is 18.2 Å². The Morgan fingerprint density at radius 3 is 2.86 bits per heavy atom. The molecule has 0 aliphatic carbocycles. The van der Waals surface area contributed by atoms with Crippen LogP contribution in [0, 0.1) is 6.92 Å². The molecule has 80 valence electrons. The molecule has 0 aromatic carbocycles. The molecule has 0 fully saturated rings. The molecule has 1 heterocycles. The first-order valence-corrected chi connectivity index (χ1v) is 5.15. The Balaban J connectivity index is 2.23. The van der Waals surface area contributed by atoms with Gasteiger partial charge in [-0.05, 0) is 26.6 Å². The second-order valence-electron chi connectivity index (χ2n) is 3.66. The van der Waals surface area contributed by atoms with Gasteiger partial charge < -0.3 is 14.6 Å². The second kappa shape index (κ2) is 5.83. The van der Waals surface area contributed by atoms with Crippen molar-refractivity contribution in [1.82, 2.24) is 10.2 Å². The molecule has 0 radical (unpaired) electrons. The molecule has 1 N–H and O–H groups in total. The fourth-order valence-corrected chi connectivity index (χ4v) is 1.42. The van der Waals surface area contributed by atoms with E-state index in [0.29, 0.717) is 0 Å². The van der Waals surface area contributed by atoms with Crippen LogP contribution in [0.2, 0.25) is 0 Å². The summed E-state index contributed by atoms with van der Waals surface area (Å²) < 4.78 is 5.25. The summed E-state index contributed by atoms with van der Waals surface area (Å²) >= 11 is 0. The van der Waals surface area contributed by atoms with E-state index in [1.807, 2.05) is 13.2 Å². The predicted molar refractivity (Wildman–Crippen MR) is 58.3 cm³/mol. The average Bonchev–Trinajstić information content (AvgIpc) is 2.52. The van der Waals surface area contributed by atoms with Crippen molar-refractivity contribution in [3.05, 3.63) is 23.7 Å². The van der Waals surface area contributed by atoms with E-state index in [1.54, 1.807) is 0 Å². The van der Waals surface area contributed by atoms with Crippen molar-refractivity contribution in [2.75, 3.05) is 26.7 Å². The van der Waals surface area contributed by atoms with Crippen molar-refractivity contribution in [2.45, 2.75) is 20.4 Å². The Hall–Kier alpha value is -0.800. The molecule has 0 aliphatic heterocycles. The topological polar surface area (TPSA) is 28.4 Å². The Labute approximate surface area is 86.1 Å². The molecule has 0 saturated heterocycles. The van der Waals surface area contributed by atoms with E-state index in [1.165, 1.54) is 5.56 Å². The average molecular weight is 196 g/mol. The lowest BCUT2D eigenvalue weighted by Gasteiger charge is -2.15. The van der Waals surface area contributed by atoms with E-state index in [4.69, 9.17) is 4.42 Å². The number of hydrogen-bond donors (Lipinski definition) is 1. The van der Waals surface area contributed by atoms with Gasteiger partial charge in [0, 0.05) is 25.2 Å². The van der Waals surface area contributed by atoms with E-state index in [2.05, 4.69) is 30.3 Å². The molecule has 0 spiro atoms. The minimum Gasteiger partial charge on any atom is -0.469 e. The van der Waals surface area contributed by atoms with Crippen LogP contribution < -0.4 is 5.32 Å². The van der Waals surface area contributed by atoms with Crippen molar-refractivity contribution in [3.63, 3.8) is 0 Å². The summed E-state index contributed by atoms with van der Waals surface area (Å²) in [6.07, 6.45) is 1.83. The highest BCUT2D eigenvalue weighted by molar-refractivity contribution is 5.11. The maximum atomic E-state index is 5.25. The monoisotopic (exact) mass is 196 g/mol. The standard InChI is InChI=1S/C11H20N2O/c1-4-12-5-6-13(3)8-11-7-10(2)14-9-11/h7,9,12H,4-6,8H2,1-3H3. The molecule has 3 nitrogen and oxygen atoms in total. The third-order valence-corrected chi connectivity index (χ3v) is 2.16. The van der Waals surface area contributed by atoms with Crippen molar-refractivity contribution in [2.24, 2.45) is 0 Å². The van der Waals surface area contributed by atoms with E-state index in [0.717, 1.165) is 31.9 Å². The summed E-state index contributed by atoms with van der Waals surface area (Å²) in [6, 6.07) is 2.09. The normalized spacial score (nSPS) is 11.1. The summed E-state index contributed by atoms with van der Waals surface area (Å²) in [4.78, 5) is 2.28. The first-order valence-electron chi connectivity index (χ1n) is 5.15. The van der Waals surface area contributed by atoms with Gasteiger partial charge in [0.2, 0.25) is 0 Å². The van der Waals surface area contributed by atoms with Gasteiger partial charge in [-0.1, -0.05) is 6.92 Å². The first kappa shape index (κ1) is 11.3. The van der Waals surface area contributed by atoms with Crippen LogP contribution in [-0.4, -0.2) is 31.6 Å². The Kier molecular flexibility index (Phi) is 4.70. The third-order valence-electron chi connectivity index (χ3n) is 2.16. The summed E-state index contributed by atoms with van der Waals surface area (Å²) in [5.41, 5.74) is 1.25. The lowest BCUT2D eigenvalue weighted by molar-refractivity contribution is 0.324. The minimum atomic E-state index is 0.961. The van der Waals surface area contributed by atoms with Crippen LogP contribution in [0.15, 0.2) is 16.7 Å². The lowest BCUT2D eigenvalue weighted by atomic mass is 10.3. The number of rotatable bonds is 6. The third kappa shape index (κ3) is 3.94. The van der Waals surface area contributed by atoms with Gasteiger partial charge in [0.05, 0.1) is 6.26 Å². The van der Waals surface area contributed by atoms with Crippen LogP contribution in [-0.2, 0) is 6.54 Å². The fourth-order valence-electron chi connectivity index (χ4n) is 1.42. The van der Waals surface area contributed by atoms with Crippen LogP contribution in [0.4, 0.5) is 0 Å². The number of nitrogens with one attached hydrogen (secondary N) is 1. The van der Waals surface area contributed by atoms with Gasteiger partial charge in [-0.3, -0.25) is 0 Å². The molecule has 3 heteroatoms. The molecular formula is C11H20N2O. The van der Waals surface area contributed by atoms with Crippen molar-refractivity contribution >= 4 is 0 Å². The number of hydrogen-bond acceptors (Lipinski definition) is 3. The maximum Gasteiger partial charge on any atom is 0.101 e. The smallest absolute Gasteiger partial charge is 0.101 e. The number of likely N-dealkylation sites (N-methyl/N-ethyl adjacent to an activating group) is 2.